The lowest BCUT2D eigenvalue weighted by Gasteiger charge is -2.08. The molecule has 6 heteroatoms. The zero-order valence-electron chi connectivity index (χ0n) is 10.7. The lowest BCUT2D eigenvalue weighted by atomic mass is 10.2. The fourth-order valence-corrected chi connectivity index (χ4v) is 5.02. The number of hydrogen-bond acceptors (Lipinski definition) is 3. The number of hydrogen-bond donors (Lipinski definition) is 0. The molecule has 0 saturated carbocycles. The summed E-state index contributed by atoms with van der Waals surface area (Å²) in [5.74, 6) is -0.0951. The minimum atomic E-state index is -0.174. The highest BCUT2D eigenvalue weighted by molar-refractivity contribution is 9.12. The number of benzene rings is 1. The third-order valence-corrected chi connectivity index (χ3v) is 5.50. The van der Waals surface area contributed by atoms with Gasteiger partial charge in [0.1, 0.15) is 0 Å². The predicted octanol–water partition coefficient (Wildman–Crippen LogP) is 4.47. The van der Waals surface area contributed by atoms with E-state index in [0.717, 1.165) is 18.5 Å². The van der Waals surface area contributed by atoms with Crippen molar-refractivity contribution in [2.24, 2.45) is 0 Å². The third-order valence-electron chi connectivity index (χ3n) is 3.16. The molecule has 1 aromatic carbocycles. The fourth-order valence-electron chi connectivity index (χ4n) is 2.17. The highest BCUT2D eigenvalue weighted by atomic mass is 79.9. The van der Waals surface area contributed by atoms with Gasteiger partial charge < -0.3 is 4.57 Å². The van der Waals surface area contributed by atoms with E-state index in [-0.39, 0.29) is 17.9 Å². The van der Waals surface area contributed by atoms with Crippen molar-refractivity contribution < 1.29 is 4.79 Å². The van der Waals surface area contributed by atoms with Gasteiger partial charge in [0.05, 0.1) is 19.6 Å². The van der Waals surface area contributed by atoms with Crippen LogP contribution < -0.4 is 5.56 Å². The monoisotopic (exact) mass is 425 g/mol. The molecule has 0 bridgehead atoms. The molecule has 106 valence electrons. The summed E-state index contributed by atoms with van der Waals surface area (Å²) in [7, 11) is 0. The number of rotatable bonds is 3. The normalized spacial score (nSPS) is 11.0. The molecule has 21 heavy (non-hydrogen) atoms. The van der Waals surface area contributed by atoms with Crippen LogP contribution in [0.15, 0.2) is 54.8 Å². The Hall–Kier alpha value is -1.24. The first-order chi connectivity index (χ1) is 10.1. The first kappa shape index (κ1) is 14.7. The molecule has 0 unspecified atom stereocenters. The van der Waals surface area contributed by atoms with Crippen LogP contribution in [0.25, 0.3) is 10.9 Å². The summed E-state index contributed by atoms with van der Waals surface area (Å²) in [5, 5.41) is 0.940. The van der Waals surface area contributed by atoms with Gasteiger partial charge in [0, 0.05) is 11.6 Å². The molecule has 3 nitrogen and oxygen atoms in total. The summed E-state index contributed by atoms with van der Waals surface area (Å²) in [6.45, 7) is 0.0297. The molecule has 2 heterocycles. The number of thiophene rings is 1. The number of aromatic nitrogens is 1. The van der Waals surface area contributed by atoms with Crippen molar-refractivity contribution in [3.63, 3.8) is 0 Å². The Bertz CT molecular complexity index is 898. The number of Topliss-reactive ketones (excluding diaryl/α,β-unsaturated/α-hetero) is 1. The molecule has 3 aromatic rings. The molecular formula is C15H9Br2NO2S. The quantitative estimate of drug-likeness (QED) is 0.579. The number of pyridine rings is 1. The van der Waals surface area contributed by atoms with Gasteiger partial charge in [0.25, 0.3) is 5.56 Å². The zero-order valence-corrected chi connectivity index (χ0v) is 14.7. The standard InChI is InChI=1S/C15H9Br2NO2S/c16-13-7-10(15(17)21-13)12(19)8-18-11-4-2-1-3-9(11)5-6-14(18)20/h1-7H,8H2. The molecule has 0 aliphatic carbocycles. The van der Waals surface area contributed by atoms with Gasteiger partial charge in [-0.25, -0.2) is 0 Å². The van der Waals surface area contributed by atoms with Gasteiger partial charge >= 0.3 is 0 Å². The molecular weight excluding hydrogens is 418 g/mol. The van der Waals surface area contributed by atoms with Crippen LogP contribution in [-0.2, 0) is 6.54 Å². The van der Waals surface area contributed by atoms with Crippen molar-refractivity contribution in [3.05, 3.63) is 66.0 Å². The van der Waals surface area contributed by atoms with E-state index in [1.807, 2.05) is 24.3 Å². The third kappa shape index (κ3) is 2.88. The largest absolute Gasteiger partial charge is 0.300 e. The number of ketones is 1. The molecule has 2 aromatic heterocycles. The molecule has 0 saturated heterocycles. The molecule has 0 aliphatic rings. The summed E-state index contributed by atoms with van der Waals surface area (Å²) in [6, 6.07) is 12.6. The van der Waals surface area contributed by atoms with E-state index in [1.165, 1.54) is 22.0 Å². The molecule has 0 fully saturated rings. The maximum absolute atomic E-state index is 12.4. The molecule has 0 N–H and O–H groups in total. The second kappa shape index (κ2) is 5.87. The van der Waals surface area contributed by atoms with Crippen LogP contribution in [0.3, 0.4) is 0 Å². The summed E-state index contributed by atoms with van der Waals surface area (Å²) in [6.07, 6.45) is 0. The number of fused-ring (bicyclic) bond motifs is 1. The lowest BCUT2D eigenvalue weighted by Crippen LogP contribution is -2.23. The maximum Gasteiger partial charge on any atom is 0.251 e. The van der Waals surface area contributed by atoms with Gasteiger partial charge in [0.2, 0.25) is 0 Å². The molecule has 0 aliphatic heterocycles. The van der Waals surface area contributed by atoms with Crippen LogP contribution in [0, 0.1) is 0 Å². The van der Waals surface area contributed by atoms with Crippen LogP contribution in [0.4, 0.5) is 0 Å². The summed E-state index contributed by atoms with van der Waals surface area (Å²) in [4.78, 5) is 24.5. The van der Waals surface area contributed by atoms with Gasteiger partial charge in [-0.15, -0.1) is 11.3 Å². The Morgan fingerprint density at radius 2 is 1.90 bits per heavy atom. The minimum absolute atomic E-state index is 0.0297. The van der Waals surface area contributed by atoms with Gasteiger partial charge in [-0.1, -0.05) is 18.2 Å². The van der Waals surface area contributed by atoms with Gasteiger partial charge in [-0.2, -0.15) is 0 Å². The summed E-state index contributed by atoms with van der Waals surface area (Å²) >= 11 is 8.18. The zero-order chi connectivity index (χ0) is 15.0. The van der Waals surface area contributed by atoms with E-state index >= 15 is 0 Å². The van der Waals surface area contributed by atoms with Crippen molar-refractivity contribution in [1.29, 1.82) is 0 Å². The average Bonchev–Trinajstić information content (AvgIpc) is 2.81. The number of carbonyl (C=O) groups excluding carboxylic acids is 1. The molecule has 0 spiro atoms. The highest BCUT2D eigenvalue weighted by Crippen LogP contribution is 2.32. The van der Waals surface area contributed by atoms with E-state index in [9.17, 15) is 9.59 Å². The molecule has 3 rings (SSSR count). The SMILES string of the molecule is O=C(Cn1c(=O)ccc2ccccc21)c1cc(Br)sc1Br. The average molecular weight is 427 g/mol. The van der Waals surface area contributed by atoms with Gasteiger partial charge in [0.15, 0.2) is 5.78 Å². The fraction of sp³-hybridized carbons (Fsp3) is 0.0667. The number of para-hydroxylation sites is 1. The van der Waals surface area contributed by atoms with Gasteiger partial charge in [-0.3, -0.25) is 9.59 Å². The van der Waals surface area contributed by atoms with E-state index in [0.29, 0.717) is 5.56 Å². The van der Waals surface area contributed by atoms with Crippen LogP contribution in [0.2, 0.25) is 0 Å². The second-order valence-corrected chi connectivity index (χ2v) is 8.23. The Morgan fingerprint density at radius 1 is 1.14 bits per heavy atom. The smallest absolute Gasteiger partial charge is 0.251 e. The number of halogens is 2. The van der Waals surface area contributed by atoms with Crippen LogP contribution in [0.1, 0.15) is 10.4 Å². The Kier molecular flexibility index (Phi) is 4.10. The van der Waals surface area contributed by atoms with Crippen LogP contribution in [-0.4, -0.2) is 10.4 Å². The topological polar surface area (TPSA) is 39.1 Å². The lowest BCUT2D eigenvalue weighted by molar-refractivity contribution is 0.0972. The molecule has 0 radical (unpaired) electrons. The van der Waals surface area contributed by atoms with E-state index < -0.39 is 0 Å². The second-order valence-electron chi connectivity index (χ2n) is 4.48. The van der Waals surface area contributed by atoms with Crippen LogP contribution in [0.5, 0.6) is 0 Å². The summed E-state index contributed by atoms with van der Waals surface area (Å²) in [5.41, 5.74) is 1.18. The van der Waals surface area contributed by atoms with Crippen molar-refractivity contribution in [3.8, 4) is 0 Å². The molecule has 0 atom stereocenters. The number of carbonyl (C=O) groups is 1. The Labute approximate surface area is 141 Å². The van der Waals surface area contributed by atoms with Crippen LogP contribution >= 0.6 is 43.2 Å². The van der Waals surface area contributed by atoms with Crippen molar-refractivity contribution in [2.45, 2.75) is 6.54 Å². The van der Waals surface area contributed by atoms with Crippen molar-refractivity contribution >= 4 is 59.9 Å². The first-order valence-corrected chi connectivity index (χ1v) is 8.53. The predicted molar refractivity (Wildman–Crippen MR) is 92.3 cm³/mol. The van der Waals surface area contributed by atoms with E-state index in [4.69, 9.17) is 0 Å². The van der Waals surface area contributed by atoms with E-state index in [2.05, 4.69) is 31.9 Å². The maximum atomic E-state index is 12.4. The number of nitrogens with zero attached hydrogens (tertiary/aromatic N) is 1. The van der Waals surface area contributed by atoms with Crippen molar-refractivity contribution in [2.75, 3.05) is 0 Å². The Morgan fingerprint density at radius 3 is 2.62 bits per heavy atom. The highest BCUT2D eigenvalue weighted by Gasteiger charge is 2.15. The first-order valence-electron chi connectivity index (χ1n) is 6.13. The van der Waals surface area contributed by atoms with Crippen molar-refractivity contribution in [1.82, 2.24) is 4.57 Å². The Balaban J connectivity index is 2.06. The summed E-state index contributed by atoms with van der Waals surface area (Å²) < 4.78 is 3.16. The van der Waals surface area contributed by atoms with Gasteiger partial charge in [-0.05, 0) is 55.4 Å². The van der Waals surface area contributed by atoms with E-state index in [1.54, 1.807) is 12.1 Å². The minimum Gasteiger partial charge on any atom is -0.300 e. The molecule has 0 amide bonds.